The number of aryl methyl sites for hydroxylation is 2. The Labute approximate surface area is 216 Å². The number of nitrogens with zero attached hydrogens (tertiary/aromatic N) is 1. The summed E-state index contributed by atoms with van der Waals surface area (Å²) in [6, 6.07) is 4.14. The van der Waals surface area contributed by atoms with Crippen LogP contribution in [-0.2, 0) is 14.3 Å². The highest BCUT2D eigenvalue weighted by atomic mass is 32.1. The van der Waals surface area contributed by atoms with Crippen molar-refractivity contribution < 1.29 is 19.1 Å². The van der Waals surface area contributed by atoms with Crippen molar-refractivity contribution in [2.45, 2.75) is 104 Å². The van der Waals surface area contributed by atoms with E-state index in [0.29, 0.717) is 6.54 Å². The molecule has 35 heavy (non-hydrogen) atoms. The van der Waals surface area contributed by atoms with E-state index in [-0.39, 0.29) is 23.6 Å². The number of ether oxygens (including phenoxy) is 1. The second kappa shape index (κ2) is 13.2. The molecule has 1 fully saturated rings. The maximum Gasteiger partial charge on any atom is 0.408 e. The molecule has 2 rings (SSSR count). The summed E-state index contributed by atoms with van der Waals surface area (Å²) in [7, 11) is 0. The Morgan fingerprint density at radius 3 is 2.26 bits per heavy atom. The third-order valence-corrected chi connectivity index (χ3v) is 6.68. The van der Waals surface area contributed by atoms with Gasteiger partial charge in [0.05, 0.1) is 0 Å². The lowest BCUT2D eigenvalue weighted by atomic mass is 9.86. The zero-order valence-electron chi connectivity index (χ0n) is 22.1. The first-order valence-corrected chi connectivity index (χ1v) is 13.4. The molecule has 0 aliphatic heterocycles. The van der Waals surface area contributed by atoms with Crippen LogP contribution < -0.4 is 10.6 Å². The van der Waals surface area contributed by atoms with Gasteiger partial charge in [-0.25, -0.2) is 4.79 Å². The molecule has 1 aromatic rings. The number of benzene rings is 1. The summed E-state index contributed by atoms with van der Waals surface area (Å²) in [6.07, 6.45) is 4.94. The fourth-order valence-electron chi connectivity index (χ4n) is 4.34. The largest absolute Gasteiger partial charge is 0.444 e. The van der Waals surface area contributed by atoms with E-state index in [0.717, 1.165) is 55.2 Å². The highest BCUT2D eigenvalue weighted by molar-refractivity contribution is 7.80. The van der Waals surface area contributed by atoms with Gasteiger partial charge in [-0.3, -0.25) is 9.59 Å². The lowest BCUT2D eigenvalue weighted by Crippen LogP contribution is -2.58. The van der Waals surface area contributed by atoms with Crippen LogP contribution in [0.25, 0.3) is 0 Å². The van der Waals surface area contributed by atoms with E-state index in [1.54, 1.807) is 25.7 Å². The van der Waals surface area contributed by atoms with Gasteiger partial charge < -0.3 is 20.3 Å². The van der Waals surface area contributed by atoms with Crippen molar-refractivity contribution in [1.82, 2.24) is 15.5 Å². The average molecular weight is 506 g/mol. The van der Waals surface area contributed by atoms with Gasteiger partial charge in [0.25, 0.3) is 0 Å². The van der Waals surface area contributed by atoms with Gasteiger partial charge in [-0.15, -0.1) is 0 Å². The molecule has 1 saturated carbocycles. The highest BCUT2D eigenvalue weighted by Gasteiger charge is 2.42. The number of rotatable bonds is 11. The Kier molecular flexibility index (Phi) is 10.9. The van der Waals surface area contributed by atoms with Crippen LogP contribution in [0.15, 0.2) is 18.2 Å². The molecular formula is C27H43N3O4S. The maximum absolute atomic E-state index is 14.0. The molecule has 2 N–H and O–H groups in total. The van der Waals surface area contributed by atoms with E-state index in [4.69, 9.17) is 4.74 Å². The van der Waals surface area contributed by atoms with Gasteiger partial charge in [-0.2, -0.15) is 12.6 Å². The standard InChI is InChI=1S/C27H43N3O4S/c1-7-8-9-16-28-24(31)23(22-18(2)12-10-13-19(22)3)30(20-14-11-15-20)25(32)21(17-35)29-26(33)34-27(4,5)6/h10,12-13,20-21,23,35H,7-9,11,14-17H2,1-6H3,(H,28,31)(H,29,33). The first-order valence-electron chi connectivity index (χ1n) is 12.8. The molecule has 0 radical (unpaired) electrons. The van der Waals surface area contributed by atoms with Gasteiger partial charge in [-0.05, 0) is 77.0 Å². The molecule has 0 aromatic heterocycles. The Balaban J connectivity index is 2.43. The molecule has 196 valence electrons. The molecule has 1 aliphatic carbocycles. The lowest BCUT2D eigenvalue weighted by molar-refractivity contribution is -0.147. The predicted octanol–water partition coefficient (Wildman–Crippen LogP) is 4.86. The summed E-state index contributed by atoms with van der Waals surface area (Å²) in [5.74, 6) is -0.403. The normalized spacial score (nSPS) is 15.5. The third-order valence-electron chi connectivity index (χ3n) is 6.32. The average Bonchev–Trinajstić information content (AvgIpc) is 2.73. The monoisotopic (exact) mass is 505 g/mol. The highest BCUT2D eigenvalue weighted by Crippen LogP contribution is 2.36. The van der Waals surface area contributed by atoms with Crippen LogP contribution in [0.3, 0.4) is 0 Å². The number of amides is 3. The van der Waals surface area contributed by atoms with Crippen LogP contribution >= 0.6 is 12.6 Å². The SMILES string of the molecule is CCCCCNC(=O)C(c1c(C)cccc1C)N(C(=O)C(CS)NC(=O)OC(C)(C)C)C1CCC1. The molecule has 0 spiro atoms. The summed E-state index contributed by atoms with van der Waals surface area (Å²) >= 11 is 4.36. The number of hydrogen-bond donors (Lipinski definition) is 3. The molecule has 0 saturated heterocycles. The first-order chi connectivity index (χ1) is 16.5. The van der Waals surface area contributed by atoms with Crippen LogP contribution in [0.5, 0.6) is 0 Å². The maximum atomic E-state index is 14.0. The summed E-state index contributed by atoms with van der Waals surface area (Å²) in [6.45, 7) is 11.9. The molecular weight excluding hydrogens is 462 g/mol. The number of unbranched alkanes of at least 4 members (excludes halogenated alkanes) is 2. The van der Waals surface area contributed by atoms with Crippen molar-refractivity contribution >= 4 is 30.5 Å². The molecule has 0 bridgehead atoms. The van der Waals surface area contributed by atoms with Crippen molar-refractivity contribution in [3.05, 3.63) is 34.9 Å². The van der Waals surface area contributed by atoms with Crippen molar-refractivity contribution in [2.24, 2.45) is 0 Å². The summed E-state index contributed by atoms with van der Waals surface area (Å²) in [4.78, 5) is 41.8. The Hall–Kier alpha value is -2.22. The number of alkyl carbamates (subject to hydrolysis) is 1. The second-order valence-electron chi connectivity index (χ2n) is 10.4. The van der Waals surface area contributed by atoms with E-state index in [1.165, 1.54) is 0 Å². The van der Waals surface area contributed by atoms with Crippen molar-refractivity contribution in [3.8, 4) is 0 Å². The fourth-order valence-corrected chi connectivity index (χ4v) is 4.58. The van der Waals surface area contributed by atoms with Crippen LogP contribution in [0, 0.1) is 13.8 Å². The van der Waals surface area contributed by atoms with Gasteiger partial charge in [0.2, 0.25) is 11.8 Å². The second-order valence-corrected chi connectivity index (χ2v) is 10.8. The van der Waals surface area contributed by atoms with Crippen molar-refractivity contribution in [1.29, 1.82) is 0 Å². The fraction of sp³-hybridized carbons (Fsp3) is 0.667. The van der Waals surface area contributed by atoms with Gasteiger partial charge >= 0.3 is 6.09 Å². The van der Waals surface area contributed by atoms with Crippen LogP contribution in [-0.4, -0.2) is 52.8 Å². The molecule has 0 heterocycles. The molecule has 1 aliphatic rings. The predicted molar refractivity (Wildman–Crippen MR) is 143 cm³/mol. The number of carbonyl (C=O) groups is 3. The summed E-state index contributed by atoms with van der Waals surface area (Å²) < 4.78 is 5.37. The molecule has 3 amide bonds. The number of carbonyl (C=O) groups excluding carboxylic acids is 3. The van der Waals surface area contributed by atoms with E-state index in [9.17, 15) is 14.4 Å². The van der Waals surface area contributed by atoms with E-state index in [1.807, 2.05) is 32.0 Å². The van der Waals surface area contributed by atoms with Crippen molar-refractivity contribution in [2.75, 3.05) is 12.3 Å². The quantitative estimate of drug-likeness (QED) is 0.296. The zero-order chi connectivity index (χ0) is 26.2. The van der Waals surface area contributed by atoms with Gasteiger partial charge in [-0.1, -0.05) is 38.0 Å². The van der Waals surface area contributed by atoms with E-state index >= 15 is 0 Å². The summed E-state index contributed by atoms with van der Waals surface area (Å²) in [5, 5.41) is 5.75. The molecule has 1 aromatic carbocycles. The molecule has 8 heteroatoms. The zero-order valence-corrected chi connectivity index (χ0v) is 23.0. The third kappa shape index (κ3) is 8.16. The van der Waals surface area contributed by atoms with Crippen LogP contribution in [0.1, 0.15) is 89.0 Å². The van der Waals surface area contributed by atoms with Crippen LogP contribution in [0.2, 0.25) is 0 Å². The first kappa shape index (κ1) is 29.0. The van der Waals surface area contributed by atoms with E-state index < -0.39 is 23.8 Å². The smallest absolute Gasteiger partial charge is 0.408 e. The number of nitrogens with one attached hydrogen (secondary N) is 2. The topological polar surface area (TPSA) is 87.7 Å². The summed E-state index contributed by atoms with van der Waals surface area (Å²) in [5.41, 5.74) is 2.06. The number of hydrogen-bond acceptors (Lipinski definition) is 5. The van der Waals surface area contributed by atoms with Gasteiger partial charge in [0.1, 0.15) is 17.7 Å². The molecule has 2 atom stereocenters. The Morgan fingerprint density at radius 2 is 1.77 bits per heavy atom. The minimum absolute atomic E-state index is 0.0734. The molecule has 7 nitrogen and oxygen atoms in total. The van der Waals surface area contributed by atoms with Gasteiger partial charge in [0.15, 0.2) is 0 Å². The van der Waals surface area contributed by atoms with Crippen molar-refractivity contribution in [3.63, 3.8) is 0 Å². The Morgan fingerprint density at radius 1 is 1.14 bits per heavy atom. The number of thiol groups is 1. The van der Waals surface area contributed by atoms with Crippen LogP contribution in [0.4, 0.5) is 4.79 Å². The Bertz CT molecular complexity index is 859. The molecule has 2 unspecified atom stereocenters. The van der Waals surface area contributed by atoms with E-state index in [2.05, 4.69) is 30.2 Å². The minimum Gasteiger partial charge on any atom is -0.444 e. The lowest BCUT2D eigenvalue weighted by Gasteiger charge is -2.44. The minimum atomic E-state index is -0.909. The van der Waals surface area contributed by atoms with Gasteiger partial charge in [0, 0.05) is 18.3 Å².